The molecule has 0 bridgehead atoms. The van der Waals surface area contributed by atoms with Gasteiger partial charge in [-0.1, -0.05) is 17.7 Å². The van der Waals surface area contributed by atoms with Crippen LogP contribution in [-0.4, -0.2) is 28.9 Å². The van der Waals surface area contributed by atoms with Gasteiger partial charge in [0.25, 0.3) is 5.16 Å². The molecule has 0 spiro atoms. The molecule has 24 heavy (non-hydrogen) atoms. The molecular weight excluding hydrogens is 324 g/mol. The van der Waals surface area contributed by atoms with Gasteiger partial charge in [0.15, 0.2) is 0 Å². The second-order valence-corrected chi connectivity index (χ2v) is 8.69. The number of hydrogen-bond donors (Lipinski definition) is 0. The lowest BCUT2D eigenvalue weighted by molar-refractivity contribution is 0.444. The topological polar surface area (TPSA) is 88.6 Å². The molecule has 0 saturated carbocycles. The van der Waals surface area contributed by atoms with Gasteiger partial charge in [0.1, 0.15) is 6.33 Å². The second kappa shape index (κ2) is 6.73. The van der Waals surface area contributed by atoms with Gasteiger partial charge in [-0.2, -0.15) is 5.26 Å². The maximum Gasteiger partial charge on any atom is 0.254 e. The van der Waals surface area contributed by atoms with Gasteiger partial charge in [-0.15, -0.1) is 10.2 Å². The Hall–Kier alpha value is -2.20. The number of aryl methyl sites for hydroxylation is 2. The molecule has 0 aliphatic carbocycles. The number of nitrogens with zero attached hydrogens (tertiary/aromatic N) is 4. The van der Waals surface area contributed by atoms with E-state index in [-0.39, 0.29) is 10.9 Å². The summed E-state index contributed by atoms with van der Waals surface area (Å²) in [6, 6.07) is 7.96. The fraction of sp³-hybridized carbons (Fsp3) is 0.471. The summed E-state index contributed by atoms with van der Waals surface area (Å²) in [5, 5.41) is 16.6. The molecule has 0 saturated heterocycles. The van der Waals surface area contributed by atoms with Gasteiger partial charge in [0, 0.05) is 0 Å². The van der Waals surface area contributed by atoms with Crippen LogP contribution in [0.1, 0.15) is 37.8 Å². The van der Waals surface area contributed by atoms with E-state index in [1.165, 1.54) is 10.9 Å². The van der Waals surface area contributed by atoms with E-state index in [0.717, 1.165) is 16.8 Å². The third-order valence-electron chi connectivity index (χ3n) is 3.92. The standard InChI is InChI=1S/C17H22N4O2S/c1-13-6-7-15(14(2)10-13)21-12-19-20-16(21)24(22,23)9-5-8-17(3,4)11-18/h6-7,10,12H,5,8-9H2,1-4H3. The van der Waals surface area contributed by atoms with Crippen molar-refractivity contribution in [3.63, 3.8) is 0 Å². The van der Waals surface area contributed by atoms with Crippen LogP contribution in [0.5, 0.6) is 0 Å². The van der Waals surface area contributed by atoms with Crippen molar-refractivity contribution in [1.29, 1.82) is 5.26 Å². The van der Waals surface area contributed by atoms with Crippen molar-refractivity contribution in [2.24, 2.45) is 5.41 Å². The number of rotatable bonds is 6. The van der Waals surface area contributed by atoms with Crippen molar-refractivity contribution < 1.29 is 8.42 Å². The normalized spacial score (nSPS) is 12.1. The first-order valence-corrected chi connectivity index (χ1v) is 9.43. The smallest absolute Gasteiger partial charge is 0.254 e. The Bertz CT molecular complexity index is 876. The molecule has 0 radical (unpaired) electrons. The molecule has 6 nitrogen and oxygen atoms in total. The average Bonchev–Trinajstić information content (AvgIpc) is 2.97. The molecule has 128 valence electrons. The number of aromatic nitrogens is 3. The van der Waals surface area contributed by atoms with E-state index in [4.69, 9.17) is 5.26 Å². The first-order valence-electron chi connectivity index (χ1n) is 7.78. The number of sulfone groups is 1. The maximum absolute atomic E-state index is 12.6. The molecule has 1 heterocycles. The van der Waals surface area contributed by atoms with Gasteiger partial charge >= 0.3 is 0 Å². The first kappa shape index (κ1) is 18.1. The predicted octanol–water partition coefficient (Wildman–Crippen LogP) is 2.99. The molecule has 1 aromatic carbocycles. The zero-order valence-electron chi connectivity index (χ0n) is 14.4. The molecule has 0 atom stereocenters. The first-order chi connectivity index (χ1) is 11.2. The number of hydrogen-bond acceptors (Lipinski definition) is 5. The minimum absolute atomic E-state index is 0.0517. The maximum atomic E-state index is 12.6. The van der Waals surface area contributed by atoms with Crippen LogP contribution >= 0.6 is 0 Å². The summed E-state index contributed by atoms with van der Waals surface area (Å²) < 4.78 is 26.8. The molecule has 0 amide bonds. The van der Waals surface area contributed by atoms with Crippen molar-refractivity contribution in [3.8, 4) is 11.8 Å². The van der Waals surface area contributed by atoms with E-state index in [1.807, 2.05) is 32.0 Å². The van der Waals surface area contributed by atoms with E-state index < -0.39 is 15.3 Å². The lowest BCUT2D eigenvalue weighted by Crippen LogP contribution is -2.16. The van der Waals surface area contributed by atoms with Crippen molar-refractivity contribution in [3.05, 3.63) is 35.7 Å². The monoisotopic (exact) mass is 346 g/mol. The fourth-order valence-corrected chi connectivity index (χ4v) is 3.85. The van der Waals surface area contributed by atoms with Gasteiger partial charge in [-0.05, 0) is 52.2 Å². The van der Waals surface area contributed by atoms with Gasteiger partial charge in [-0.3, -0.25) is 4.57 Å². The summed E-state index contributed by atoms with van der Waals surface area (Å²) in [4.78, 5) is 0. The molecule has 0 unspecified atom stereocenters. The molecule has 1 aromatic heterocycles. The van der Waals surface area contributed by atoms with Crippen LogP contribution in [0.15, 0.2) is 29.7 Å². The van der Waals surface area contributed by atoms with Gasteiger partial charge in [0.2, 0.25) is 9.84 Å². The summed E-state index contributed by atoms with van der Waals surface area (Å²) >= 11 is 0. The highest BCUT2D eigenvalue weighted by Crippen LogP contribution is 2.23. The Labute approximate surface area is 143 Å². The van der Waals surface area contributed by atoms with Crippen LogP contribution in [0.3, 0.4) is 0 Å². The molecule has 0 aliphatic rings. The van der Waals surface area contributed by atoms with Crippen molar-refractivity contribution in [2.75, 3.05) is 5.75 Å². The summed E-state index contributed by atoms with van der Waals surface area (Å²) in [6.45, 7) is 7.52. The molecule has 0 N–H and O–H groups in total. The summed E-state index contributed by atoms with van der Waals surface area (Å²) in [5.41, 5.74) is 2.28. The Morgan fingerprint density at radius 1 is 1.29 bits per heavy atom. The van der Waals surface area contributed by atoms with Gasteiger partial charge in [0.05, 0.1) is 22.9 Å². The van der Waals surface area contributed by atoms with Gasteiger partial charge in [-0.25, -0.2) is 8.42 Å². The van der Waals surface area contributed by atoms with E-state index in [9.17, 15) is 8.42 Å². The number of nitriles is 1. The highest BCUT2D eigenvalue weighted by Gasteiger charge is 2.25. The highest BCUT2D eigenvalue weighted by atomic mass is 32.2. The second-order valence-electron chi connectivity index (χ2n) is 6.69. The zero-order chi connectivity index (χ0) is 18.0. The third-order valence-corrected chi connectivity index (χ3v) is 5.58. The minimum atomic E-state index is -3.57. The SMILES string of the molecule is Cc1ccc(-n2cnnc2S(=O)(=O)CCCC(C)(C)C#N)c(C)c1. The third kappa shape index (κ3) is 4.01. The van der Waals surface area contributed by atoms with Crippen LogP contribution in [0.4, 0.5) is 0 Å². The van der Waals surface area contributed by atoms with Crippen molar-refractivity contribution in [1.82, 2.24) is 14.8 Å². The molecule has 2 rings (SSSR count). The van der Waals surface area contributed by atoms with E-state index in [2.05, 4.69) is 16.3 Å². The summed E-state index contributed by atoms with van der Waals surface area (Å²) in [7, 11) is -3.57. The Morgan fingerprint density at radius 3 is 2.62 bits per heavy atom. The predicted molar refractivity (Wildman–Crippen MR) is 91.5 cm³/mol. The Kier molecular flexibility index (Phi) is 5.09. The molecule has 2 aromatic rings. The van der Waals surface area contributed by atoms with Crippen LogP contribution in [-0.2, 0) is 9.84 Å². The lowest BCUT2D eigenvalue weighted by atomic mass is 9.90. The van der Waals surface area contributed by atoms with Gasteiger partial charge < -0.3 is 0 Å². The Balaban J connectivity index is 2.27. The van der Waals surface area contributed by atoms with Crippen LogP contribution in [0.2, 0.25) is 0 Å². The van der Waals surface area contributed by atoms with Crippen LogP contribution < -0.4 is 0 Å². The van der Waals surface area contributed by atoms with Crippen molar-refractivity contribution >= 4 is 9.84 Å². The quantitative estimate of drug-likeness (QED) is 0.802. The zero-order valence-corrected chi connectivity index (χ0v) is 15.3. The Morgan fingerprint density at radius 2 is 2.00 bits per heavy atom. The van der Waals surface area contributed by atoms with Crippen LogP contribution in [0.25, 0.3) is 5.69 Å². The average molecular weight is 346 g/mol. The molecule has 0 fully saturated rings. The molecular formula is C17H22N4O2S. The molecule has 0 aliphatic heterocycles. The van der Waals surface area contributed by atoms with Crippen LogP contribution in [0, 0.1) is 30.6 Å². The summed E-state index contributed by atoms with van der Waals surface area (Å²) in [5.74, 6) is -0.0539. The lowest BCUT2D eigenvalue weighted by Gasteiger charge is -2.14. The fourth-order valence-electron chi connectivity index (χ4n) is 2.53. The van der Waals surface area contributed by atoms with Crippen molar-refractivity contribution in [2.45, 2.75) is 45.7 Å². The van der Waals surface area contributed by atoms with E-state index in [1.54, 1.807) is 13.8 Å². The largest absolute Gasteiger partial charge is 0.272 e. The summed E-state index contributed by atoms with van der Waals surface area (Å²) in [6.07, 6.45) is 2.34. The van der Waals surface area contributed by atoms with E-state index >= 15 is 0 Å². The number of benzene rings is 1. The minimum Gasteiger partial charge on any atom is -0.272 e. The highest BCUT2D eigenvalue weighted by molar-refractivity contribution is 7.91. The molecule has 7 heteroatoms. The van der Waals surface area contributed by atoms with E-state index in [0.29, 0.717) is 12.8 Å².